The molecule has 0 bridgehead atoms. The molecule has 7 heteroatoms. The monoisotopic (exact) mass is 452 g/mol. The summed E-state index contributed by atoms with van der Waals surface area (Å²) in [5.41, 5.74) is 2.18. The molecular weight excluding hydrogens is 436 g/mol. The third kappa shape index (κ3) is 4.96. The highest BCUT2D eigenvalue weighted by atomic mass is 79.9. The number of carbonyl (C=O) groups is 1. The SMILES string of the molecule is CCc1ccc2nc(NC(=O)CCCOc3ccc(Cl)cc3Br)sc2c1. The largest absolute Gasteiger partial charge is 0.492 e. The molecular formula is C19H18BrClN2O2S. The number of halogens is 2. The van der Waals surface area contributed by atoms with Crippen molar-refractivity contribution in [2.75, 3.05) is 11.9 Å². The Morgan fingerprint density at radius 3 is 2.92 bits per heavy atom. The Labute approximate surface area is 169 Å². The van der Waals surface area contributed by atoms with E-state index in [1.165, 1.54) is 16.9 Å². The molecule has 0 saturated heterocycles. The maximum absolute atomic E-state index is 12.1. The van der Waals surface area contributed by atoms with Gasteiger partial charge in [-0.05, 0) is 64.7 Å². The quantitative estimate of drug-likeness (QED) is 0.442. The van der Waals surface area contributed by atoms with Gasteiger partial charge in [-0.25, -0.2) is 4.98 Å². The number of aryl methyl sites for hydroxylation is 1. The molecule has 4 nitrogen and oxygen atoms in total. The van der Waals surface area contributed by atoms with Crippen LogP contribution in [0.2, 0.25) is 5.02 Å². The van der Waals surface area contributed by atoms with Crippen LogP contribution in [0.25, 0.3) is 10.2 Å². The van der Waals surface area contributed by atoms with Gasteiger partial charge in [-0.1, -0.05) is 35.9 Å². The van der Waals surface area contributed by atoms with Crippen molar-refractivity contribution in [2.24, 2.45) is 0 Å². The van der Waals surface area contributed by atoms with E-state index in [9.17, 15) is 4.79 Å². The minimum Gasteiger partial charge on any atom is -0.492 e. The van der Waals surface area contributed by atoms with E-state index in [2.05, 4.69) is 45.3 Å². The Bertz CT molecular complexity index is 929. The van der Waals surface area contributed by atoms with Crippen molar-refractivity contribution in [3.8, 4) is 5.75 Å². The fourth-order valence-electron chi connectivity index (χ4n) is 2.43. The first kappa shape index (κ1) is 19.1. The van der Waals surface area contributed by atoms with Crippen molar-refractivity contribution in [1.82, 2.24) is 4.98 Å². The molecule has 1 N–H and O–H groups in total. The molecule has 0 unspecified atom stereocenters. The van der Waals surface area contributed by atoms with Crippen LogP contribution in [0.1, 0.15) is 25.3 Å². The number of ether oxygens (including phenoxy) is 1. The summed E-state index contributed by atoms with van der Waals surface area (Å²) in [5.74, 6) is 0.659. The molecule has 136 valence electrons. The topological polar surface area (TPSA) is 51.2 Å². The van der Waals surface area contributed by atoms with Gasteiger partial charge < -0.3 is 10.1 Å². The Balaban J connectivity index is 1.48. The zero-order valence-corrected chi connectivity index (χ0v) is 17.4. The second-order valence-corrected chi connectivity index (χ2v) is 8.07. The summed E-state index contributed by atoms with van der Waals surface area (Å²) in [6.45, 7) is 2.57. The van der Waals surface area contributed by atoms with Crippen LogP contribution in [0, 0.1) is 0 Å². The molecule has 0 fully saturated rings. The van der Waals surface area contributed by atoms with Crippen molar-refractivity contribution in [1.29, 1.82) is 0 Å². The Morgan fingerprint density at radius 2 is 2.15 bits per heavy atom. The van der Waals surface area contributed by atoms with Gasteiger partial charge in [-0.3, -0.25) is 4.79 Å². The standard InChI is InChI=1S/C19H18BrClN2O2S/c1-2-12-5-7-15-17(10-12)26-19(22-15)23-18(24)4-3-9-25-16-8-6-13(21)11-14(16)20/h5-8,10-11H,2-4,9H2,1H3,(H,22,23,24). The number of aromatic nitrogens is 1. The van der Waals surface area contributed by atoms with Crippen LogP contribution < -0.4 is 10.1 Å². The second-order valence-electron chi connectivity index (χ2n) is 5.75. The fourth-order valence-corrected chi connectivity index (χ4v) is 4.17. The van der Waals surface area contributed by atoms with Crippen LogP contribution in [0.5, 0.6) is 5.75 Å². The summed E-state index contributed by atoms with van der Waals surface area (Å²) < 4.78 is 7.56. The van der Waals surface area contributed by atoms with Gasteiger partial charge in [0.25, 0.3) is 0 Å². The lowest BCUT2D eigenvalue weighted by Gasteiger charge is -2.08. The van der Waals surface area contributed by atoms with E-state index in [0.29, 0.717) is 35.4 Å². The number of benzene rings is 2. The van der Waals surface area contributed by atoms with E-state index < -0.39 is 0 Å². The number of hydrogen-bond donors (Lipinski definition) is 1. The Kier molecular flexibility index (Phi) is 6.51. The molecule has 1 aromatic heterocycles. The van der Waals surface area contributed by atoms with Gasteiger partial charge in [0.05, 0.1) is 21.3 Å². The Hall–Kier alpha value is -1.63. The highest BCUT2D eigenvalue weighted by Gasteiger charge is 2.09. The van der Waals surface area contributed by atoms with Crippen molar-refractivity contribution in [3.63, 3.8) is 0 Å². The number of rotatable bonds is 7. The molecule has 0 radical (unpaired) electrons. The maximum Gasteiger partial charge on any atom is 0.226 e. The van der Waals surface area contributed by atoms with E-state index >= 15 is 0 Å². The first-order chi connectivity index (χ1) is 12.5. The van der Waals surface area contributed by atoms with Crippen molar-refractivity contribution >= 4 is 60.1 Å². The summed E-state index contributed by atoms with van der Waals surface area (Å²) in [6.07, 6.45) is 1.98. The minimum atomic E-state index is -0.0569. The van der Waals surface area contributed by atoms with Crippen LogP contribution in [-0.4, -0.2) is 17.5 Å². The Morgan fingerprint density at radius 1 is 1.31 bits per heavy atom. The summed E-state index contributed by atoms with van der Waals surface area (Å²) >= 11 is 10.8. The van der Waals surface area contributed by atoms with Gasteiger partial charge >= 0.3 is 0 Å². The lowest BCUT2D eigenvalue weighted by atomic mass is 10.2. The van der Waals surface area contributed by atoms with Gasteiger partial charge in [0.1, 0.15) is 5.75 Å². The van der Waals surface area contributed by atoms with Gasteiger partial charge in [-0.15, -0.1) is 0 Å². The molecule has 0 atom stereocenters. The van der Waals surface area contributed by atoms with Crippen molar-refractivity contribution in [3.05, 3.63) is 51.5 Å². The van der Waals surface area contributed by atoms with Crippen LogP contribution >= 0.6 is 38.9 Å². The third-order valence-electron chi connectivity index (χ3n) is 3.81. The van der Waals surface area contributed by atoms with Crippen LogP contribution in [0.15, 0.2) is 40.9 Å². The summed E-state index contributed by atoms with van der Waals surface area (Å²) in [7, 11) is 0. The van der Waals surface area contributed by atoms with Crippen LogP contribution in [-0.2, 0) is 11.2 Å². The molecule has 1 amide bonds. The predicted molar refractivity (Wildman–Crippen MR) is 112 cm³/mol. The predicted octanol–water partition coefficient (Wildman–Crippen LogP) is 6.07. The smallest absolute Gasteiger partial charge is 0.226 e. The molecule has 1 heterocycles. The number of carbonyl (C=O) groups excluding carboxylic acids is 1. The number of hydrogen-bond acceptors (Lipinski definition) is 4. The molecule has 2 aromatic carbocycles. The minimum absolute atomic E-state index is 0.0569. The molecule has 26 heavy (non-hydrogen) atoms. The number of nitrogens with zero attached hydrogens (tertiary/aromatic N) is 1. The molecule has 0 aliphatic rings. The molecule has 3 rings (SSSR count). The van der Waals surface area contributed by atoms with E-state index in [1.807, 2.05) is 6.07 Å². The number of thiazole rings is 1. The van der Waals surface area contributed by atoms with Crippen molar-refractivity contribution < 1.29 is 9.53 Å². The fraction of sp³-hybridized carbons (Fsp3) is 0.263. The van der Waals surface area contributed by atoms with E-state index in [-0.39, 0.29) is 5.91 Å². The lowest BCUT2D eigenvalue weighted by Crippen LogP contribution is -2.12. The van der Waals surface area contributed by atoms with Gasteiger partial charge in [-0.2, -0.15) is 0 Å². The summed E-state index contributed by atoms with van der Waals surface area (Å²) in [4.78, 5) is 16.6. The number of amides is 1. The summed E-state index contributed by atoms with van der Waals surface area (Å²) in [6, 6.07) is 11.5. The molecule has 0 spiro atoms. The highest BCUT2D eigenvalue weighted by Crippen LogP contribution is 2.29. The van der Waals surface area contributed by atoms with E-state index in [1.54, 1.807) is 18.2 Å². The third-order valence-corrected chi connectivity index (χ3v) is 5.60. The highest BCUT2D eigenvalue weighted by molar-refractivity contribution is 9.10. The van der Waals surface area contributed by atoms with Gasteiger partial charge in [0.2, 0.25) is 5.91 Å². The van der Waals surface area contributed by atoms with E-state index in [4.69, 9.17) is 16.3 Å². The van der Waals surface area contributed by atoms with E-state index in [0.717, 1.165) is 21.1 Å². The van der Waals surface area contributed by atoms with Crippen molar-refractivity contribution in [2.45, 2.75) is 26.2 Å². The number of nitrogens with one attached hydrogen (secondary N) is 1. The molecule has 0 saturated carbocycles. The first-order valence-corrected chi connectivity index (χ1v) is 10.3. The van der Waals surface area contributed by atoms with Gasteiger partial charge in [0.15, 0.2) is 5.13 Å². The molecule has 0 aliphatic heterocycles. The number of anilines is 1. The normalized spacial score (nSPS) is 10.9. The zero-order chi connectivity index (χ0) is 18.5. The zero-order valence-electron chi connectivity index (χ0n) is 14.2. The van der Waals surface area contributed by atoms with Crippen LogP contribution in [0.4, 0.5) is 5.13 Å². The van der Waals surface area contributed by atoms with Gasteiger partial charge in [0, 0.05) is 11.4 Å². The molecule has 0 aliphatic carbocycles. The average Bonchev–Trinajstić information content (AvgIpc) is 3.01. The average molecular weight is 454 g/mol. The second kappa shape index (κ2) is 8.84. The maximum atomic E-state index is 12.1. The summed E-state index contributed by atoms with van der Waals surface area (Å²) in [5, 5.41) is 4.16. The first-order valence-electron chi connectivity index (χ1n) is 8.32. The lowest BCUT2D eigenvalue weighted by molar-refractivity contribution is -0.116. The number of fused-ring (bicyclic) bond motifs is 1. The molecule has 3 aromatic rings. The van der Waals surface area contributed by atoms with Crippen LogP contribution in [0.3, 0.4) is 0 Å².